The molecule has 116 valence electrons. The highest BCUT2D eigenvalue weighted by Gasteiger charge is 2.20. The normalized spacial score (nSPS) is 18.9. The number of hydrogen-bond donors (Lipinski definition) is 2. The van der Waals surface area contributed by atoms with Crippen LogP contribution < -0.4 is 5.32 Å². The van der Waals surface area contributed by atoms with Gasteiger partial charge in [-0.05, 0) is 24.5 Å². The van der Waals surface area contributed by atoms with Gasteiger partial charge >= 0.3 is 0 Å². The first-order valence-electron chi connectivity index (χ1n) is 6.80. The van der Waals surface area contributed by atoms with Crippen molar-refractivity contribution in [2.75, 3.05) is 19.6 Å². The fourth-order valence-corrected chi connectivity index (χ4v) is 2.63. The minimum atomic E-state index is -1.20. The van der Waals surface area contributed by atoms with Crippen LogP contribution >= 0.6 is 12.6 Å². The summed E-state index contributed by atoms with van der Waals surface area (Å²) in [6, 6.07) is 1.39. The lowest BCUT2D eigenvalue weighted by Gasteiger charge is -2.31. The SMILES string of the molecule is O=C(CCCc1cc(F)c(F)cc1F)N1CCNC(S)C1. The van der Waals surface area contributed by atoms with Crippen molar-refractivity contribution >= 4 is 18.5 Å². The summed E-state index contributed by atoms with van der Waals surface area (Å²) in [7, 11) is 0. The molecule has 3 nitrogen and oxygen atoms in total. The van der Waals surface area contributed by atoms with Gasteiger partial charge in [-0.25, -0.2) is 13.2 Å². The number of carbonyl (C=O) groups is 1. The molecule has 1 atom stereocenters. The maximum atomic E-state index is 13.4. The molecule has 1 amide bonds. The van der Waals surface area contributed by atoms with Crippen LogP contribution in [0, 0.1) is 17.5 Å². The zero-order valence-electron chi connectivity index (χ0n) is 11.4. The Labute approximate surface area is 126 Å². The van der Waals surface area contributed by atoms with Crippen LogP contribution in [0.15, 0.2) is 12.1 Å². The number of piperazine rings is 1. The zero-order valence-corrected chi connectivity index (χ0v) is 12.3. The molecule has 7 heteroatoms. The quantitative estimate of drug-likeness (QED) is 0.658. The molecule has 1 unspecified atom stereocenters. The molecule has 0 bridgehead atoms. The number of benzene rings is 1. The lowest BCUT2D eigenvalue weighted by Crippen LogP contribution is -2.50. The van der Waals surface area contributed by atoms with Crippen LogP contribution in [-0.2, 0) is 11.2 Å². The molecule has 1 aliphatic rings. The summed E-state index contributed by atoms with van der Waals surface area (Å²) < 4.78 is 39.3. The van der Waals surface area contributed by atoms with Crippen LogP contribution in [0.5, 0.6) is 0 Å². The fraction of sp³-hybridized carbons (Fsp3) is 0.500. The van der Waals surface area contributed by atoms with Gasteiger partial charge in [0, 0.05) is 32.1 Å². The number of halogens is 3. The van der Waals surface area contributed by atoms with E-state index in [0.29, 0.717) is 32.1 Å². The van der Waals surface area contributed by atoms with Gasteiger partial charge in [-0.3, -0.25) is 4.79 Å². The van der Waals surface area contributed by atoms with Crippen molar-refractivity contribution in [3.8, 4) is 0 Å². The van der Waals surface area contributed by atoms with Crippen LogP contribution in [0.1, 0.15) is 18.4 Å². The maximum Gasteiger partial charge on any atom is 0.222 e. The Kier molecular flexibility index (Phi) is 5.52. The van der Waals surface area contributed by atoms with Gasteiger partial charge in [0.15, 0.2) is 11.6 Å². The molecule has 0 aliphatic carbocycles. The van der Waals surface area contributed by atoms with Crippen LogP contribution in [0.2, 0.25) is 0 Å². The number of nitrogens with one attached hydrogen (secondary N) is 1. The van der Waals surface area contributed by atoms with E-state index in [-0.39, 0.29) is 29.7 Å². The molecule has 1 aliphatic heterocycles. The van der Waals surface area contributed by atoms with Gasteiger partial charge in [0.1, 0.15) is 5.82 Å². The molecule has 0 aromatic heterocycles. The smallest absolute Gasteiger partial charge is 0.222 e. The van der Waals surface area contributed by atoms with Gasteiger partial charge < -0.3 is 10.2 Å². The van der Waals surface area contributed by atoms with Gasteiger partial charge in [0.25, 0.3) is 0 Å². The second kappa shape index (κ2) is 7.17. The van der Waals surface area contributed by atoms with Gasteiger partial charge in [-0.2, -0.15) is 12.6 Å². The standard InChI is InChI=1S/C14H17F3N2OS/c15-10-7-12(17)11(16)6-9(10)2-1-3-14(20)19-5-4-18-13(21)8-19/h6-7,13,18,21H,1-5,8H2. The molecular weight excluding hydrogens is 301 g/mol. The molecule has 21 heavy (non-hydrogen) atoms. The van der Waals surface area contributed by atoms with E-state index in [1.165, 1.54) is 0 Å². The third-order valence-electron chi connectivity index (χ3n) is 3.43. The summed E-state index contributed by atoms with van der Waals surface area (Å²) in [5.41, 5.74) is 0.0917. The lowest BCUT2D eigenvalue weighted by atomic mass is 10.1. The predicted molar refractivity (Wildman–Crippen MR) is 76.6 cm³/mol. The summed E-state index contributed by atoms with van der Waals surface area (Å²) in [6.07, 6.45) is 0.839. The Morgan fingerprint density at radius 2 is 2.00 bits per heavy atom. The molecule has 1 saturated heterocycles. The number of carbonyl (C=O) groups excluding carboxylic acids is 1. The Balaban J connectivity index is 1.84. The van der Waals surface area contributed by atoms with E-state index < -0.39 is 17.5 Å². The molecule has 0 saturated carbocycles. The van der Waals surface area contributed by atoms with E-state index in [1.54, 1.807) is 4.90 Å². The molecule has 0 radical (unpaired) electrons. The fourth-order valence-electron chi connectivity index (χ4n) is 2.30. The molecule has 1 N–H and O–H groups in total. The van der Waals surface area contributed by atoms with Crippen LogP contribution in [0.4, 0.5) is 13.2 Å². The third kappa shape index (κ3) is 4.38. The van der Waals surface area contributed by atoms with Crippen molar-refractivity contribution in [2.45, 2.75) is 24.6 Å². The second-order valence-corrected chi connectivity index (χ2v) is 5.64. The second-order valence-electron chi connectivity index (χ2n) is 5.02. The monoisotopic (exact) mass is 318 g/mol. The molecule has 0 spiro atoms. The number of nitrogens with zero attached hydrogens (tertiary/aromatic N) is 1. The van der Waals surface area contributed by atoms with E-state index in [1.807, 2.05) is 0 Å². The first-order valence-corrected chi connectivity index (χ1v) is 7.31. The largest absolute Gasteiger partial charge is 0.339 e. The summed E-state index contributed by atoms with van der Waals surface area (Å²) in [5, 5.41) is 3.08. The average molecular weight is 318 g/mol. The van der Waals surface area contributed by atoms with E-state index in [4.69, 9.17) is 0 Å². The lowest BCUT2D eigenvalue weighted by molar-refractivity contribution is -0.132. The number of thiol groups is 1. The topological polar surface area (TPSA) is 32.3 Å². The number of aryl methyl sites for hydroxylation is 1. The minimum absolute atomic E-state index is 0.0291. The first-order chi connectivity index (χ1) is 9.97. The summed E-state index contributed by atoms with van der Waals surface area (Å²) in [4.78, 5) is 13.7. The van der Waals surface area contributed by atoms with E-state index >= 15 is 0 Å². The van der Waals surface area contributed by atoms with Gasteiger partial charge in [0.2, 0.25) is 5.91 Å². The van der Waals surface area contributed by atoms with Crippen molar-refractivity contribution in [2.24, 2.45) is 0 Å². The predicted octanol–water partition coefficient (Wildman–Crippen LogP) is 2.11. The summed E-state index contributed by atoms with van der Waals surface area (Å²) >= 11 is 4.27. The van der Waals surface area contributed by atoms with Crippen LogP contribution in [0.25, 0.3) is 0 Å². The Morgan fingerprint density at radius 1 is 1.29 bits per heavy atom. The number of hydrogen-bond acceptors (Lipinski definition) is 3. The summed E-state index contributed by atoms with van der Waals surface area (Å²) in [6.45, 7) is 1.84. The summed E-state index contributed by atoms with van der Waals surface area (Å²) in [5.74, 6) is -3.08. The number of amides is 1. The van der Waals surface area contributed by atoms with Gasteiger partial charge in [0.05, 0.1) is 5.37 Å². The van der Waals surface area contributed by atoms with Crippen molar-refractivity contribution in [3.05, 3.63) is 35.1 Å². The average Bonchev–Trinajstić information content (AvgIpc) is 2.44. The van der Waals surface area contributed by atoms with Crippen molar-refractivity contribution < 1.29 is 18.0 Å². The molecule has 2 rings (SSSR count). The number of rotatable bonds is 4. The molecule has 1 fully saturated rings. The molecule has 1 aromatic rings. The van der Waals surface area contributed by atoms with Crippen molar-refractivity contribution in [3.63, 3.8) is 0 Å². The molecule has 1 aromatic carbocycles. The highest BCUT2D eigenvalue weighted by atomic mass is 32.1. The minimum Gasteiger partial charge on any atom is -0.339 e. The zero-order chi connectivity index (χ0) is 15.4. The van der Waals surface area contributed by atoms with Gasteiger partial charge in [-0.1, -0.05) is 0 Å². The Hall–Kier alpha value is -1.21. The Morgan fingerprint density at radius 3 is 2.71 bits per heavy atom. The van der Waals surface area contributed by atoms with Crippen molar-refractivity contribution in [1.29, 1.82) is 0 Å². The maximum absolute atomic E-state index is 13.4. The molecular formula is C14H17F3N2OS. The molecule has 1 heterocycles. The Bertz CT molecular complexity index is 527. The van der Waals surface area contributed by atoms with Crippen molar-refractivity contribution in [1.82, 2.24) is 10.2 Å². The highest BCUT2D eigenvalue weighted by Crippen LogP contribution is 2.16. The van der Waals surface area contributed by atoms with Gasteiger partial charge in [-0.15, -0.1) is 0 Å². The highest BCUT2D eigenvalue weighted by molar-refractivity contribution is 7.80. The van der Waals surface area contributed by atoms with E-state index in [9.17, 15) is 18.0 Å². The van der Waals surface area contributed by atoms with E-state index in [2.05, 4.69) is 17.9 Å². The van der Waals surface area contributed by atoms with Crippen LogP contribution in [-0.4, -0.2) is 35.8 Å². The first kappa shape index (κ1) is 16.2. The third-order valence-corrected chi connectivity index (χ3v) is 3.78. The van der Waals surface area contributed by atoms with E-state index in [0.717, 1.165) is 6.07 Å². The van der Waals surface area contributed by atoms with Crippen LogP contribution in [0.3, 0.4) is 0 Å².